The third kappa shape index (κ3) is 3.98. The van der Waals surface area contributed by atoms with Gasteiger partial charge in [-0.1, -0.05) is 11.6 Å². The molecule has 0 aromatic carbocycles. The summed E-state index contributed by atoms with van der Waals surface area (Å²) in [6, 6.07) is 1.43. The second-order valence-electron chi connectivity index (χ2n) is 8.37. The molecule has 0 radical (unpaired) electrons. The smallest absolute Gasteiger partial charge is 0.318 e. The van der Waals surface area contributed by atoms with E-state index in [2.05, 4.69) is 4.98 Å². The molecule has 0 bridgehead atoms. The molecular formula is C21H26ClN5O4. The van der Waals surface area contributed by atoms with Gasteiger partial charge in [-0.2, -0.15) is 0 Å². The molecule has 9 nitrogen and oxygen atoms in total. The van der Waals surface area contributed by atoms with Gasteiger partial charge in [-0.25, -0.2) is 4.98 Å². The standard InChI is InChI=1S/C21H26ClN5O4/c1-13(28)25-7-3-14(4-8-25)19(29)26-9-5-16(6-10-26)27-18-17(11-15(22)12-23-18)24(2)20(30)21(27)31/h11-12,14,16H,3-10H2,1-2H3. The van der Waals surface area contributed by atoms with E-state index in [0.29, 0.717) is 68.0 Å². The fourth-order valence-electron chi connectivity index (χ4n) is 4.69. The van der Waals surface area contributed by atoms with E-state index in [9.17, 15) is 19.2 Å². The zero-order chi connectivity index (χ0) is 22.3. The van der Waals surface area contributed by atoms with Gasteiger partial charge in [-0.15, -0.1) is 0 Å². The zero-order valence-electron chi connectivity index (χ0n) is 17.7. The Morgan fingerprint density at radius 2 is 1.61 bits per heavy atom. The van der Waals surface area contributed by atoms with Gasteiger partial charge in [-0.05, 0) is 31.7 Å². The van der Waals surface area contributed by atoms with E-state index in [4.69, 9.17) is 11.6 Å². The Bertz CT molecular complexity index is 1140. The Balaban J connectivity index is 1.50. The summed E-state index contributed by atoms with van der Waals surface area (Å²) in [6.45, 7) is 3.83. The van der Waals surface area contributed by atoms with Crippen molar-refractivity contribution in [2.24, 2.45) is 13.0 Å². The van der Waals surface area contributed by atoms with Crippen molar-refractivity contribution in [3.05, 3.63) is 38.0 Å². The fraction of sp³-hybridized carbons (Fsp3) is 0.571. The third-order valence-electron chi connectivity index (χ3n) is 6.54. The highest BCUT2D eigenvalue weighted by atomic mass is 35.5. The molecule has 31 heavy (non-hydrogen) atoms. The number of piperidine rings is 2. The number of hydrogen-bond acceptors (Lipinski definition) is 5. The van der Waals surface area contributed by atoms with Gasteiger partial charge in [0.2, 0.25) is 11.8 Å². The Morgan fingerprint density at radius 1 is 1.00 bits per heavy atom. The maximum absolute atomic E-state index is 13.0. The van der Waals surface area contributed by atoms with Crippen molar-refractivity contribution in [2.75, 3.05) is 26.2 Å². The molecule has 2 aromatic heterocycles. The summed E-state index contributed by atoms with van der Waals surface area (Å²) in [4.78, 5) is 57.7. The van der Waals surface area contributed by atoms with Crippen LogP contribution in [0.2, 0.25) is 5.02 Å². The molecular weight excluding hydrogens is 422 g/mol. The molecule has 10 heteroatoms. The van der Waals surface area contributed by atoms with Crippen LogP contribution >= 0.6 is 11.6 Å². The van der Waals surface area contributed by atoms with Gasteiger partial charge < -0.3 is 14.4 Å². The normalized spacial score (nSPS) is 18.5. The van der Waals surface area contributed by atoms with Crippen LogP contribution in [0.15, 0.2) is 21.9 Å². The number of carbonyl (C=O) groups excluding carboxylic acids is 2. The zero-order valence-corrected chi connectivity index (χ0v) is 18.5. The first-order valence-corrected chi connectivity index (χ1v) is 11.0. The Labute approximate surface area is 184 Å². The van der Waals surface area contributed by atoms with Crippen LogP contribution in [0.4, 0.5) is 0 Å². The lowest BCUT2D eigenvalue weighted by Crippen LogP contribution is -2.48. The minimum atomic E-state index is -0.618. The first-order chi connectivity index (χ1) is 14.8. The molecule has 0 aliphatic carbocycles. The highest BCUT2D eigenvalue weighted by Gasteiger charge is 2.32. The maximum Gasteiger partial charge on any atom is 0.318 e. The lowest BCUT2D eigenvalue weighted by molar-refractivity contribution is -0.141. The van der Waals surface area contributed by atoms with Crippen molar-refractivity contribution in [2.45, 2.75) is 38.6 Å². The molecule has 4 rings (SSSR count). The lowest BCUT2D eigenvalue weighted by atomic mass is 9.93. The van der Waals surface area contributed by atoms with Gasteiger partial charge in [-0.3, -0.25) is 23.7 Å². The van der Waals surface area contributed by atoms with Crippen LogP contribution in [-0.4, -0.2) is 61.9 Å². The van der Waals surface area contributed by atoms with Crippen molar-refractivity contribution < 1.29 is 9.59 Å². The monoisotopic (exact) mass is 447 g/mol. The summed E-state index contributed by atoms with van der Waals surface area (Å²) >= 11 is 6.04. The quantitative estimate of drug-likeness (QED) is 0.644. The molecule has 166 valence electrons. The molecule has 2 fully saturated rings. The van der Waals surface area contributed by atoms with E-state index in [-0.39, 0.29) is 23.8 Å². The maximum atomic E-state index is 13.0. The van der Waals surface area contributed by atoms with E-state index in [1.807, 2.05) is 4.90 Å². The molecule has 4 heterocycles. The Morgan fingerprint density at radius 3 is 2.23 bits per heavy atom. The number of fused-ring (bicyclic) bond motifs is 1. The number of pyridine rings is 1. The van der Waals surface area contributed by atoms with Crippen LogP contribution < -0.4 is 11.1 Å². The summed E-state index contributed by atoms with van der Waals surface area (Å²) < 4.78 is 2.75. The van der Waals surface area contributed by atoms with E-state index in [1.54, 1.807) is 17.9 Å². The van der Waals surface area contributed by atoms with Crippen LogP contribution in [-0.2, 0) is 16.6 Å². The number of hydrogen-bond donors (Lipinski definition) is 0. The topological polar surface area (TPSA) is 97.5 Å². The fourth-order valence-corrected chi connectivity index (χ4v) is 4.84. The van der Waals surface area contributed by atoms with Gasteiger partial charge in [0.05, 0.1) is 10.5 Å². The van der Waals surface area contributed by atoms with E-state index >= 15 is 0 Å². The second kappa shape index (κ2) is 8.45. The summed E-state index contributed by atoms with van der Waals surface area (Å²) in [6.07, 6.45) is 3.98. The van der Waals surface area contributed by atoms with Crippen LogP contribution in [0.1, 0.15) is 38.6 Å². The van der Waals surface area contributed by atoms with Crippen molar-refractivity contribution >= 4 is 34.6 Å². The number of amides is 2. The highest BCUT2D eigenvalue weighted by molar-refractivity contribution is 6.31. The summed E-state index contributed by atoms with van der Waals surface area (Å²) in [5, 5.41) is 0.393. The first-order valence-electron chi connectivity index (χ1n) is 10.6. The van der Waals surface area contributed by atoms with Crippen LogP contribution in [0.3, 0.4) is 0 Å². The molecule has 0 atom stereocenters. The molecule has 0 unspecified atom stereocenters. The number of aryl methyl sites for hydroxylation is 1. The predicted octanol–water partition coefficient (Wildman–Crippen LogP) is 1.17. The summed E-state index contributed by atoms with van der Waals surface area (Å²) in [7, 11) is 1.53. The van der Waals surface area contributed by atoms with Gasteiger partial charge >= 0.3 is 11.1 Å². The average Bonchev–Trinajstić information content (AvgIpc) is 2.78. The number of rotatable bonds is 2. The number of carbonyl (C=O) groups is 2. The molecule has 0 N–H and O–H groups in total. The van der Waals surface area contributed by atoms with Crippen molar-refractivity contribution in [3.8, 4) is 0 Å². The Hall–Kier alpha value is -2.68. The summed E-state index contributed by atoms with van der Waals surface area (Å²) in [5.74, 6) is 0.101. The van der Waals surface area contributed by atoms with E-state index in [0.717, 1.165) is 0 Å². The molecule has 2 aromatic rings. The lowest BCUT2D eigenvalue weighted by Gasteiger charge is -2.37. The number of aromatic nitrogens is 3. The molecule has 2 aliphatic rings. The highest BCUT2D eigenvalue weighted by Crippen LogP contribution is 2.27. The van der Waals surface area contributed by atoms with Crippen molar-refractivity contribution in [3.63, 3.8) is 0 Å². The first kappa shape index (κ1) is 21.5. The molecule has 2 saturated heterocycles. The van der Waals surface area contributed by atoms with E-state index < -0.39 is 11.1 Å². The molecule has 0 saturated carbocycles. The summed E-state index contributed by atoms with van der Waals surface area (Å²) in [5.41, 5.74) is -0.288. The number of nitrogens with zero attached hydrogens (tertiary/aromatic N) is 5. The van der Waals surface area contributed by atoms with Gasteiger partial charge in [0.25, 0.3) is 0 Å². The number of halogens is 1. The van der Waals surface area contributed by atoms with Crippen LogP contribution in [0, 0.1) is 5.92 Å². The van der Waals surface area contributed by atoms with Crippen molar-refractivity contribution in [1.29, 1.82) is 0 Å². The largest absolute Gasteiger partial charge is 0.343 e. The predicted molar refractivity (Wildman–Crippen MR) is 116 cm³/mol. The third-order valence-corrected chi connectivity index (χ3v) is 6.75. The SMILES string of the molecule is CC(=O)N1CCC(C(=O)N2CCC(n3c(=O)c(=O)n(C)c4cc(Cl)cnc43)CC2)CC1. The van der Waals surface area contributed by atoms with Gasteiger partial charge in [0.1, 0.15) is 0 Å². The molecule has 2 aliphatic heterocycles. The average molecular weight is 448 g/mol. The minimum Gasteiger partial charge on any atom is -0.343 e. The molecule has 0 spiro atoms. The van der Waals surface area contributed by atoms with Crippen LogP contribution in [0.25, 0.3) is 11.2 Å². The van der Waals surface area contributed by atoms with Gasteiger partial charge in [0.15, 0.2) is 5.65 Å². The second-order valence-corrected chi connectivity index (χ2v) is 8.81. The molecule has 2 amide bonds. The van der Waals surface area contributed by atoms with Crippen LogP contribution in [0.5, 0.6) is 0 Å². The minimum absolute atomic E-state index is 0.0493. The number of likely N-dealkylation sites (tertiary alicyclic amines) is 2. The Kier molecular flexibility index (Phi) is 5.88. The van der Waals surface area contributed by atoms with Crippen molar-refractivity contribution in [1.82, 2.24) is 23.9 Å². The van der Waals surface area contributed by atoms with Gasteiger partial charge in [0, 0.05) is 58.3 Å². The van der Waals surface area contributed by atoms with E-state index in [1.165, 1.54) is 22.4 Å².